The monoisotopic (exact) mass is 448 g/mol. The number of fused-ring (bicyclic) bond motifs is 1. The molecular formula is C21H12ClF3N2O4. The summed E-state index contributed by atoms with van der Waals surface area (Å²) in [6.45, 7) is 0. The standard InChI is InChI=1S/C21H12ClF3N2O4/c22-12-3-6-16-11(8-12)9-18(31-16)20(29)27-15-5-4-13(10-14(15)21(23,24)25)26-19(28)17-2-1-7-30-17/h1-10H,(H,26,28)(H,27,29). The normalized spacial score (nSPS) is 11.5. The number of rotatable bonds is 4. The van der Waals surface area contributed by atoms with Gasteiger partial charge in [0.15, 0.2) is 11.5 Å². The second-order valence-electron chi connectivity index (χ2n) is 6.44. The highest BCUT2D eigenvalue weighted by Gasteiger charge is 2.35. The Kier molecular flexibility index (Phi) is 5.20. The molecule has 0 aliphatic carbocycles. The van der Waals surface area contributed by atoms with E-state index in [-0.39, 0.29) is 17.2 Å². The van der Waals surface area contributed by atoms with Gasteiger partial charge in [-0.05, 0) is 54.6 Å². The molecule has 4 aromatic rings. The van der Waals surface area contributed by atoms with Crippen molar-refractivity contribution in [3.8, 4) is 0 Å². The van der Waals surface area contributed by atoms with Crippen molar-refractivity contribution in [1.29, 1.82) is 0 Å². The van der Waals surface area contributed by atoms with Crippen LogP contribution in [0.15, 0.2) is 69.7 Å². The van der Waals surface area contributed by atoms with Crippen molar-refractivity contribution in [3.63, 3.8) is 0 Å². The maximum atomic E-state index is 13.6. The highest BCUT2D eigenvalue weighted by Crippen LogP contribution is 2.37. The average molecular weight is 449 g/mol. The number of alkyl halides is 3. The van der Waals surface area contributed by atoms with Crippen molar-refractivity contribution in [2.75, 3.05) is 10.6 Å². The molecule has 0 saturated heterocycles. The summed E-state index contributed by atoms with van der Waals surface area (Å²) in [5.41, 5.74) is -1.39. The maximum absolute atomic E-state index is 13.6. The van der Waals surface area contributed by atoms with Crippen molar-refractivity contribution in [2.24, 2.45) is 0 Å². The number of benzene rings is 2. The Morgan fingerprint density at radius 1 is 0.903 bits per heavy atom. The molecule has 2 amide bonds. The fourth-order valence-corrected chi connectivity index (χ4v) is 3.06. The van der Waals surface area contributed by atoms with Gasteiger partial charge in [0.1, 0.15) is 5.58 Å². The first kappa shape index (κ1) is 20.5. The molecular weight excluding hydrogens is 437 g/mol. The molecule has 0 saturated carbocycles. The largest absolute Gasteiger partial charge is 0.459 e. The Balaban J connectivity index is 1.60. The van der Waals surface area contributed by atoms with Crippen molar-refractivity contribution in [3.05, 3.63) is 83.0 Å². The number of halogens is 4. The highest BCUT2D eigenvalue weighted by atomic mass is 35.5. The van der Waals surface area contributed by atoms with Crippen LogP contribution < -0.4 is 10.6 Å². The Morgan fingerprint density at radius 2 is 1.68 bits per heavy atom. The van der Waals surface area contributed by atoms with Gasteiger partial charge < -0.3 is 19.5 Å². The predicted molar refractivity (Wildman–Crippen MR) is 107 cm³/mol. The van der Waals surface area contributed by atoms with E-state index in [1.807, 2.05) is 0 Å². The van der Waals surface area contributed by atoms with Crippen LogP contribution in [0.2, 0.25) is 5.02 Å². The molecule has 2 aromatic carbocycles. The van der Waals surface area contributed by atoms with Gasteiger partial charge in [0.05, 0.1) is 17.5 Å². The van der Waals surface area contributed by atoms with Crippen LogP contribution in [0.5, 0.6) is 0 Å². The van der Waals surface area contributed by atoms with Crippen LogP contribution in [0.4, 0.5) is 24.5 Å². The SMILES string of the molecule is O=C(Nc1ccc(NC(=O)c2cc3cc(Cl)ccc3o2)c(C(F)(F)F)c1)c1ccco1. The van der Waals surface area contributed by atoms with Gasteiger partial charge >= 0.3 is 6.18 Å². The molecule has 0 spiro atoms. The lowest BCUT2D eigenvalue weighted by atomic mass is 10.1. The molecule has 4 rings (SSSR count). The lowest BCUT2D eigenvalue weighted by Gasteiger charge is -2.15. The number of furan rings is 2. The maximum Gasteiger partial charge on any atom is 0.418 e. The zero-order chi connectivity index (χ0) is 22.2. The van der Waals surface area contributed by atoms with Crippen LogP contribution in [0, 0.1) is 0 Å². The Labute approximate surface area is 177 Å². The van der Waals surface area contributed by atoms with Crippen LogP contribution in [0.1, 0.15) is 26.7 Å². The van der Waals surface area contributed by atoms with Crippen LogP contribution in [0.3, 0.4) is 0 Å². The molecule has 2 heterocycles. The summed E-state index contributed by atoms with van der Waals surface area (Å²) in [5, 5.41) is 5.47. The van der Waals surface area contributed by atoms with E-state index in [1.54, 1.807) is 18.2 Å². The minimum absolute atomic E-state index is 0.0593. The highest BCUT2D eigenvalue weighted by molar-refractivity contribution is 6.31. The van der Waals surface area contributed by atoms with E-state index in [4.69, 9.17) is 20.4 Å². The van der Waals surface area contributed by atoms with Gasteiger partial charge in [-0.1, -0.05) is 11.6 Å². The van der Waals surface area contributed by atoms with E-state index < -0.39 is 29.2 Å². The third kappa shape index (κ3) is 4.41. The van der Waals surface area contributed by atoms with Gasteiger partial charge in [-0.25, -0.2) is 0 Å². The minimum Gasteiger partial charge on any atom is -0.459 e. The average Bonchev–Trinajstić information content (AvgIpc) is 3.37. The molecule has 2 N–H and O–H groups in total. The summed E-state index contributed by atoms with van der Waals surface area (Å²) in [6, 6.07) is 11.9. The molecule has 2 aromatic heterocycles. The molecule has 0 bridgehead atoms. The molecule has 158 valence electrons. The first-order chi connectivity index (χ1) is 14.7. The smallest absolute Gasteiger partial charge is 0.418 e. The van der Waals surface area contributed by atoms with Gasteiger partial charge in [0, 0.05) is 16.1 Å². The van der Waals surface area contributed by atoms with E-state index in [0.29, 0.717) is 16.0 Å². The topological polar surface area (TPSA) is 84.5 Å². The third-order valence-corrected chi connectivity index (χ3v) is 4.51. The van der Waals surface area contributed by atoms with Crippen molar-refractivity contribution in [1.82, 2.24) is 0 Å². The van der Waals surface area contributed by atoms with Crippen molar-refractivity contribution >= 4 is 45.8 Å². The molecule has 0 radical (unpaired) electrons. The second-order valence-corrected chi connectivity index (χ2v) is 6.87. The molecule has 31 heavy (non-hydrogen) atoms. The molecule has 0 aliphatic heterocycles. The van der Waals surface area contributed by atoms with E-state index in [1.165, 1.54) is 30.5 Å². The van der Waals surface area contributed by atoms with Gasteiger partial charge in [-0.2, -0.15) is 13.2 Å². The van der Waals surface area contributed by atoms with Crippen LogP contribution in [-0.2, 0) is 6.18 Å². The Hall–Kier alpha value is -3.72. The predicted octanol–water partition coefficient (Wildman–Crippen LogP) is 6.20. The summed E-state index contributed by atoms with van der Waals surface area (Å²) in [4.78, 5) is 24.5. The summed E-state index contributed by atoms with van der Waals surface area (Å²) in [5.74, 6) is -1.82. The van der Waals surface area contributed by atoms with Gasteiger partial charge in [-0.3, -0.25) is 9.59 Å². The number of carbonyl (C=O) groups is 2. The number of hydrogen-bond acceptors (Lipinski definition) is 4. The van der Waals surface area contributed by atoms with E-state index in [9.17, 15) is 22.8 Å². The Bertz CT molecular complexity index is 1280. The molecule has 0 unspecified atom stereocenters. The fourth-order valence-electron chi connectivity index (χ4n) is 2.88. The van der Waals surface area contributed by atoms with Crippen molar-refractivity contribution in [2.45, 2.75) is 6.18 Å². The van der Waals surface area contributed by atoms with Crippen LogP contribution in [0.25, 0.3) is 11.0 Å². The molecule has 6 nitrogen and oxygen atoms in total. The first-order valence-corrected chi connectivity index (χ1v) is 9.15. The number of nitrogens with one attached hydrogen (secondary N) is 2. The number of anilines is 2. The lowest BCUT2D eigenvalue weighted by molar-refractivity contribution is -0.136. The van der Waals surface area contributed by atoms with E-state index >= 15 is 0 Å². The quantitative estimate of drug-likeness (QED) is 0.389. The fraction of sp³-hybridized carbons (Fsp3) is 0.0476. The minimum atomic E-state index is -4.80. The van der Waals surface area contributed by atoms with Crippen molar-refractivity contribution < 1.29 is 31.6 Å². The first-order valence-electron chi connectivity index (χ1n) is 8.77. The summed E-state index contributed by atoms with van der Waals surface area (Å²) in [7, 11) is 0. The molecule has 0 fully saturated rings. The number of carbonyl (C=O) groups excluding carboxylic acids is 2. The second kappa shape index (κ2) is 7.84. The van der Waals surface area contributed by atoms with Gasteiger partial charge in [0.2, 0.25) is 0 Å². The zero-order valence-corrected chi connectivity index (χ0v) is 16.2. The summed E-state index contributed by atoms with van der Waals surface area (Å²) < 4.78 is 51.0. The summed E-state index contributed by atoms with van der Waals surface area (Å²) in [6.07, 6.45) is -3.53. The van der Waals surface area contributed by atoms with E-state index in [2.05, 4.69) is 10.6 Å². The van der Waals surface area contributed by atoms with Crippen LogP contribution in [-0.4, -0.2) is 11.8 Å². The summed E-state index contributed by atoms with van der Waals surface area (Å²) >= 11 is 5.89. The molecule has 0 atom stereocenters. The number of amides is 2. The Morgan fingerprint density at radius 3 is 2.39 bits per heavy atom. The molecule has 0 aliphatic rings. The van der Waals surface area contributed by atoms with Gasteiger partial charge in [0.25, 0.3) is 11.8 Å². The zero-order valence-electron chi connectivity index (χ0n) is 15.4. The van der Waals surface area contributed by atoms with Crippen LogP contribution >= 0.6 is 11.6 Å². The van der Waals surface area contributed by atoms with E-state index in [0.717, 1.165) is 12.1 Å². The lowest BCUT2D eigenvalue weighted by Crippen LogP contribution is -2.17. The number of hydrogen-bond donors (Lipinski definition) is 2. The molecule has 10 heteroatoms. The third-order valence-electron chi connectivity index (χ3n) is 4.28. The van der Waals surface area contributed by atoms with Gasteiger partial charge in [-0.15, -0.1) is 0 Å².